The summed E-state index contributed by atoms with van der Waals surface area (Å²) in [5.41, 5.74) is 3.58. The van der Waals surface area contributed by atoms with Crippen molar-refractivity contribution in [1.82, 2.24) is 20.5 Å². The Morgan fingerprint density at radius 2 is 2.08 bits per heavy atom. The molecule has 11 heteroatoms. The summed E-state index contributed by atoms with van der Waals surface area (Å²) in [7, 11) is 1.55. The van der Waals surface area contributed by atoms with E-state index in [4.69, 9.17) is 14.2 Å². The number of thiazole rings is 1. The number of nitrogens with one attached hydrogen (secondary N) is 2. The van der Waals surface area contributed by atoms with Crippen molar-refractivity contribution in [2.24, 2.45) is 0 Å². The lowest BCUT2D eigenvalue weighted by Gasteiger charge is -2.38. The second-order valence-corrected chi connectivity index (χ2v) is 10.0. The standard InChI is InChI=1S/C27H28N4O6S/c1-16-3-4-17-9-22(16)36-14-25(32)29-11-18-5-6-19(10-23(18)35-2)37-21-7-8-31(13-20(21)30-26(17)33)27(34)24-12-28-15-38-24/h3-6,9-10,12,15,20-21H,7-8,11,13-14H2,1-2H3,(H,29,32)(H,30,33)/t20-,21+/m0/s1. The van der Waals surface area contributed by atoms with E-state index in [1.807, 2.05) is 13.0 Å². The van der Waals surface area contributed by atoms with Crippen LogP contribution in [0.25, 0.3) is 0 Å². The highest BCUT2D eigenvalue weighted by atomic mass is 32.1. The minimum absolute atomic E-state index is 0.127. The number of hydrogen-bond donors (Lipinski definition) is 2. The predicted molar refractivity (Wildman–Crippen MR) is 140 cm³/mol. The molecule has 2 aromatic carbocycles. The summed E-state index contributed by atoms with van der Waals surface area (Å²) in [4.78, 5) is 45.1. The first-order valence-corrected chi connectivity index (χ1v) is 13.1. The lowest BCUT2D eigenvalue weighted by molar-refractivity contribution is -0.123. The van der Waals surface area contributed by atoms with Crippen LogP contribution in [-0.2, 0) is 11.3 Å². The normalized spacial score (nSPS) is 19.8. The van der Waals surface area contributed by atoms with Crippen molar-refractivity contribution in [3.05, 3.63) is 69.7 Å². The number of piperidine rings is 1. The predicted octanol–water partition coefficient (Wildman–Crippen LogP) is 2.56. The number of amides is 3. The van der Waals surface area contributed by atoms with Gasteiger partial charge in [-0.1, -0.05) is 6.07 Å². The first-order chi connectivity index (χ1) is 18.4. The number of carbonyl (C=O) groups is 3. The van der Waals surface area contributed by atoms with Crippen LogP contribution in [0, 0.1) is 6.92 Å². The van der Waals surface area contributed by atoms with E-state index in [1.54, 1.807) is 54.0 Å². The molecule has 1 aromatic heterocycles. The zero-order chi connectivity index (χ0) is 26.6. The largest absolute Gasteiger partial charge is 0.496 e. The monoisotopic (exact) mass is 536 g/mol. The van der Waals surface area contributed by atoms with E-state index in [-0.39, 0.29) is 37.4 Å². The first-order valence-electron chi connectivity index (χ1n) is 12.2. The highest BCUT2D eigenvalue weighted by Gasteiger charge is 2.35. The Morgan fingerprint density at radius 3 is 2.87 bits per heavy atom. The molecule has 4 heterocycles. The molecular formula is C27H28N4O6S. The van der Waals surface area contributed by atoms with Gasteiger partial charge in [-0.2, -0.15) is 0 Å². The lowest BCUT2D eigenvalue weighted by Crippen LogP contribution is -2.58. The van der Waals surface area contributed by atoms with E-state index in [2.05, 4.69) is 15.6 Å². The maximum atomic E-state index is 13.3. The molecule has 4 bridgehead atoms. The molecule has 2 N–H and O–H groups in total. The Kier molecular flexibility index (Phi) is 7.45. The Morgan fingerprint density at radius 1 is 1.21 bits per heavy atom. The summed E-state index contributed by atoms with van der Waals surface area (Å²) in [6.07, 6.45) is 1.67. The van der Waals surface area contributed by atoms with Crippen molar-refractivity contribution in [3.8, 4) is 17.2 Å². The van der Waals surface area contributed by atoms with E-state index in [9.17, 15) is 14.4 Å². The SMILES string of the molecule is COc1cc2ccc1CNC(=O)COc1cc(ccc1C)C(=O)N[C@H]1CN(C(=O)c3cncs3)CC[C@H]1O2. The van der Waals surface area contributed by atoms with Crippen LogP contribution in [0.3, 0.4) is 0 Å². The van der Waals surface area contributed by atoms with E-state index in [1.165, 1.54) is 11.3 Å². The molecule has 3 aliphatic rings. The number of hydrogen-bond acceptors (Lipinski definition) is 8. The van der Waals surface area contributed by atoms with Crippen molar-refractivity contribution in [1.29, 1.82) is 0 Å². The third kappa shape index (κ3) is 5.57. The second-order valence-electron chi connectivity index (χ2n) is 9.16. The van der Waals surface area contributed by atoms with Gasteiger partial charge in [-0.3, -0.25) is 19.4 Å². The van der Waals surface area contributed by atoms with Crippen molar-refractivity contribution in [3.63, 3.8) is 0 Å². The van der Waals surface area contributed by atoms with Gasteiger partial charge in [0.1, 0.15) is 28.2 Å². The van der Waals surface area contributed by atoms with Gasteiger partial charge in [0.15, 0.2) is 6.61 Å². The van der Waals surface area contributed by atoms with Gasteiger partial charge >= 0.3 is 0 Å². The van der Waals surface area contributed by atoms with Gasteiger partial charge in [-0.25, -0.2) is 0 Å². The molecule has 0 aliphatic carbocycles. The Labute approximate surface area is 223 Å². The topological polar surface area (TPSA) is 119 Å². The van der Waals surface area contributed by atoms with Crippen LogP contribution in [0.15, 0.2) is 48.1 Å². The summed E-state index contributed by atoms with van der Waals surface area (Å²) in [6.45, 7) is 2.64. The van der Waals surface area contributed by atoms with E-state index in [0.717, 1.165) is 11.1 Å². The third-order valence-corrected chi connectivity index (χ3v) is 7.39. The fourth-order valence-corrected chi connectivity index (χ4v) is 5.11. The van der Waals surface area contributed by atoms with Crippen LogP contribution in [0.5, 0.6) is 17.2 Å². The maximum absolute atomic E-state index is 13.3. The molecule has 0 spiro atoms. The van der Waals surface area contributed by atoms with Gasteiger partial charge in [0.05, 0.1) is 24.9 Å². The van der Waals surface area contributed by atoms with Gasteiger partial charge in [0.25, 0.3) is 17.7 Å². The Hall–Kier alpha value is -4.12. The molecule has 38 heavy (non-hydrogen) atoms. The summed E-state index contributed by atoms with van der Waals surface area (Å²) in [5, 5.41) is 5.90. The number of aryl methyl sites for hydroxylation is 1. The molecule has 10 nitrogen and oxygen atoms in total. The van der Waals surface area contributed by atoms with Crippen LogP contribution < -0.4 is 24.8 Å². The molecule has 2 atom stereocenters. The molecule has 0 unspecified atom stereocenters. The number of fused-ring (bicyclic) bond motifs is 7. The van der Waals surface area contributed by atoms with Gasteiger partial charge in [-0.05, 0) is 36.8 Å². The minimum Gasteiger partial charge on any atom is -0.496 e. The lowest BCUT2D eigenvalue weighted by atomic mass is 10.0. The molecule has 3 aromatic rings. The molecule has 0 saturated carbocycles. The molecule has 198 valence electrons. The molecule has 6 rings (SSSR count). The molecule has 3 aliphatic heterocycles. The van der Waals surface area contributed by atoms with Gasteiger partial charge < -0.3 is 29.7 Å². The summed E-state index contributed by atoms with van der Waals surface area (Å²) < 4.78 is 17.6. The third-order valence-electron chi connectivity index (χ3n) is 6.63. The quantitative estimate of drug-likeness (QED) is 0.517. The fraction of sp³-hybridized carbons (Fsp3) is 0.333. The number of methoxy groups -OCH3 is 1. The Bertz CT molecular complexity index is 1350. The number of rotatable bonds is 2. The van der Waals surface area contributed by atoms with Crippen LogP contribution >= 0.6 is 11.3 Å². The maximum Gasteiger partial charge on any atom is 0.265 e. The van der Waals surface area contributed by atoms with Crippen LogP contribution in [-0.4, -0.2) is 66.6 Å². The van der Waals surface area contributed by atoms with E-state index < -0.39 is 12.1 Å². The number of ether oxygens (including phenoxy) is 3. The zero-order valence-corrected chi connectivity index (χ0v) is 21.9. The average Bonchev–Trinajstić information content (AvgIpc) is 3.47. The highest BCUT2D eigenvalue weighted by Crippen LogP contribution is 2.28. The summed E-state index contributed by atoms with van der Waals surface area (Å²) >= 11 is 1.28. The average molecular weight is 537 g/mol. The van der Waals surface area contributed by atoms with Crippen LogP contribution in [0.2, 0.25) is 0 Å². The van der Waals surface area contributed by atoms with Gasteiger partial charge in [0.2, 0.25) is 0 Å². The van der Waals surface area contributed by atoms with Crippen molar-refractivity contribution < 1.29 is 28.6 Å². The molecule has 0 radical (unpaired) electrons. The summed E-state index contributed by atoms with van der Waals surface area (Å²) in [6, 6.07) is 10.0. The van der Waals surface area contributed by atoms with Crippen molar-refractivity contribution >= 4 is 29.1 Å². The van der Waals surface area contributed by atoms with Crippen LogP contribution in [0.4, 0.5) is 0 Å². The van der Waals surface area contributed by atoms with Gasteiger partial charge in [-0.15, -0.1) is 11.3 Å². The van der Waals surface area contributed by atoms with Gasteiger partial charge in [0, 0.05) is 43.2 Å². The summed E-state index contributed by atoms with van der Waals surface area (Å²) in [5.74, 6) is 0.808. The second kappa shape index (κ2) is 11.1. The smallest absolute Gasteiger partial charge is 0.265 e. The van der Waals surface area contributed by atoms with Crippen molar-refractivity contribution in [2.75, 3.05) is 26.8 Å². The van der Waals surface area contributed by atoms with E-state index in [0.29, 0.717) is 40.7 Å². The molecule has 1 saturated heterocycles. The number of benzene rings is 2. The molecule has 1 fully saturated rings. The Balaban J connectivity index is 1.47. The molecular weight excluding hydrogens is 508 g/mol. The number of likely N-dealkylation sites (tertiary alicyclic amines) is 1. The highest BCUT2D eigenvalue weighted by molar-refractivity contribution is 7.11. The van der Waals surface area contributed by atoms with Crippen molar-refractivity contribution in [2.45, 2.75) is 32.0 Å². The fourth-order valence-electron chi connectivity index (χ4n) is 4.53. The minimum atomic E-state index is -0.483. The van der Waals surface area contributed by atoms with Crippen LogP contribution in [0.1, 0.15) is 37.6 Å². The molecule has 3 amide bonds. The van der Waals surface area contributed by atoms with E-state index >= 15 is 0 Å². The zero-order valence-electron chi connectivity index (χ0n) is 21.1. The number of carbonyl (C=O) groups excluding carboxylic acids is 3. The number of aromatic nitrogens is 1. The number of nitrogens with zero attached hydrogens (tertiary/aromatic N) is 2. The first kappa shape index (κ1) is 25.5.